The zero-order chi connectivity index (χ0) is 40.4. The van der Waals surface area contributed by atoms with Crippen molar-refractivity contribution in [3.63, 3.8) is 0 Å². The molecule has 12 rings (SSSR count). The van der Waals surface area contributed by atoms with Crippen molar-refractivity contribution < 1.29 is 0 Å². The molecule has 4 aliphatic rings. The molecule has 0 aliphatic heterocycles. The average molecular weight is 772 g/mol. The van der Waals surface area contributed by atoms with E-state index < -0.39 is 0 Å². The molecule has 0 N–H and O–H groups in total. The van der Waals surface area contributed by atoms with Crippen LogP contribution in [0, 0.1) is 0 Å². The van der Waals surface area contributed by atoms with E-state index in [0.29, 0.717) is 0 Å². The minimum Gasteiger partial charge on any atom is -0.310 e. The van der Waals surface area contributed by atoms with Gasteiger partial charge >= 0.3 is 0 Å². The highest BCUT2D eigenvalue weighted by atomic mass is 15.1. The van der Waals surface area contributed by atoms with Crippen LogP contribution in [-0.2, 0) is 16.2 Å². The van der Waals surface area contributed by atoms with E-state index in [1.54, 1.807) is 0 Å². The standard InChI is InChI=1S/C59H49N/c1-57(2)50-25-10-7-20-44(50)48-23-15-22-47(55(48)57)42-18-6-5-17-41(42)38-29-31-39(32-30-38)60(54-28-16-24-49-45-21-8-11-26-51(45)58(3,4)56(49)54)40-33-34-46-43-19-9-12-27-52(43)59(53(46)37-40)35-13-14-36-59/h5-12,15-34,37H,13-14,35-36H2,1-4H3. The minimum atomic E-state index is -0.164. The molecule has 0 amide bonds. The molecule has 8 aromatic carbocycles. The van der Waals surface area contributed by atoms with Crippen LogP contribution in [0.15, 0.2) is 176 Å². The molecule has 8 aromatic rings. The molecule has 4 aliphatic carbocycles. The fraction of sp³-hybridized carbons (Fsp3) is 0.186. The van der Waals surface area contributed by atoms with Gasteiger partial charge in [-0.25, -0.2) is 0 Å². The Labute approximate surface area is 355 Å². The second-order valence-electron chi connectivity index (χ2n) is 18.8. The van der Waals surface area contributed by atoms with Crippen LogP contribution in [0.4, 0.5) is 17.1 Å². The lowest BCUT2D eigenvalue weighted by molar-refractivity contribution is 0.550. The van der Waals surface area contributed by atoms with Crippen molar-refractivity contribution in [3.8, 4) is 55.6 Å². The second kappa shape index (κ2) is 12.8. The first kappa shape index (κ1) is 35.5. The molecule has 0 radical (unpaired) electrons. The van der Waals surface area contributed by atoms with Crippen molar-refractivity contribution >= 4 is 17.1 Å². The summed E-state index contributed by atoms with van der Waals surface area (Å²) in [6, 6.07) is 66.9. The Morgan fingerprint density at radius 1 is 0.350 bits per heavy atom. The zero-order valence-corrected chi connectivity index (χ0v) is 35.0. The van der Waals surface area contributed by atoms with E-state index in [9.17, 15) is 0 Å². The molecule has 60 heavy (non-hydrogen) atoms. The largest absolute Gasteiger partial charge is 0.310 e. The molecule has 0 atom stereocenters. The predicted molar refractivity (Wildman–Crippen MR) is 252 cm³/mol. The molecule has 1 saturated carbocycles. The summed E-state index contributed by atoms with van der Waals surface area (Å²) >= 11 is 0. The Kier molecular flexibility index (Phi) is 7.56. The molecule has 0 heterocycles. The van der Waals surface area contributed by atoms with Gasteiger partial charge < -0.3 is 4.90 Å². The van der Waals surface area contributed by atoms with Gasteiger partial charge in [0.15, 0.2) is 0 Å². The normalized spacial score (nSPS) is 16.5. The quantitative estimate of drug-likeness (QED) is 0.168. The zero-order valence-electron chi connectivity index (χ0n) is 35.0. The van der Waals surface area contributed by atoms with Gasteiger partial charge in [-0.15, -0.1) is 0 Å². The number of rotatable bonds is 5. The van der Waals surface area contributed by atoms with Crippen LogP contribution >= 0.6 is 0 Å². The number of hydrogen-bond acceptors (Lipinski definition) is 1. The van der Waals surface area contributed by atoms with Gasteiger partial charge in [0.2, 0.25) is 0 Å². The summed E-state index contributed by atoms with van der Waals surface area (Å²) in [5.74, 6) is 0. The molecule has 0 saturated heterocycles. The average Bonchev–Trinajstić information content (AvgIpc) is 4.01. The highest BCUT2D eigenvalue weighted by molar-refractivity contribution is 5.95. The van der Waals surface area contributed by atoms with Crippen molar-refractivity contribution in [2.45, 2.75) is 69.6 Å². The maximum atomic E-state index is 2.57. The number of anilines is 3. The number of benzene rings is 8. The fourth-order valence-corrected chi connectivity index (χ4v) is 12.4. The van der Waals surface area contributed by atoms with Crippen LogP contribution in [0.1, 0.15) is 86.8 Å². The molecule has 290 valence electrons. The highest BCUT2D eigenvalue weighted by Crippen LogP contribution is 2.59. The molecular weight excluding hydrogens is 723 g/mol. The van der Waals surface area contributed by atoms with Gasteiger partial charge in [-0.05, 0) is 132 Å². The van der Waals surface area contributed by atoms with Crippen molar-refractivity contribution in [3.05, 3.63) is 209 Å². The van der Waals surface area contributed by atoms with E-state index in [1.165, 1.54) is 132 Å². The van der Waals surface area contributed by atoms with Gasteiger partial charge in [0.25, 0.3) is 0 Å². The Hall–Kier alpha value is -6.44. The number of hydrogen-bond donors (Lipinski definition) is 0. The van der Waals surface area contributed by atoms with Crippen LogP contribution in [-0.4, -0.2) is 0 Å². The summed E-state index contributed by atoms with van der Waals surface area (Å²) in [6.07, 6.45) is 4.98. The number of nitrogens with zero attached hydrogens (tertiary/aromatic N) is 1. The van der Waals surface area contributed by atoms with Crippen molar-refractivity contribution in [2.24, 2.45) is 0 Å². The topological polar surface area (TPSA) is 3.24 Å². The van der Waals surface area contributed by atoms with Gasteiger partial charge in [-0.2, -0.15) is 0 Å². The van der Waals surface area contributed by atoms with E-state index in [-0.39, 0.29) is 16.2 Å². The summed E-state index contributed by atoms with van der Waals surface area (Å²) in [6.45, 7) is 9.59. The van der Waals surface area contributed by atoms with Crippen LogP contribution in [0.2, 0.25) is 0 Å². The first-order chi connectivity index (χ1) is 29.3. The van der Waals surface area contributed by atoms with Crippen molar-refractivity contribution in [2.75, 3.05) is 4.90 Å². The lowest BCUT2D eigenvalue weighted by atomic mass is 9.76. The fourth-order valence-electron chi connectivity index (χ4n) is 12.4. The van der Waals surface area contributed by atoms with Crippen molar-refractivity contribution in [1.29, 1.82) is 0 Å². The first-order valence-corrected chi connectivity index (χ1v) is 22.0. The summed E-state index contributed by atoms with van der Waals surface area (Å²) in [4.78, 5) is 2.57. The third kappa shape index (κ3) is 4.81. The third-order valence-electron chi connectivity index (χ3n) is 15.0. The van der Waals surface area contributed by atoms with E-state index in [4.69, 9.17) is 0 Å². The van der Waals surface area contributed by atoms with Gasteiger partial charge in [-0.3, -0.25) is 0 Å². The van der Waals surface area contributed by atoms with E-state index in [1.807, 2.05) is 0 Å². The number of fused-ring (bicyclic) bond motifs is 11. The smallest absolute Gasteiger partial charge is 0.0508 e. The first-order valence-electron chi connectivity index (χ1n) is 22.0. The molecule has 1 nitrogen and oxygen atoms in total. The molecular formula is C59H49N. The summed E-state index contributed by atoms with van der Waals surface area (Å²) in [5, 5.41) is 0. The maximum absolute atomic E-state index is 2.57. The Balaban J connectivity index is 1.02. The minimum absolute atomic E-state index is 0.0862. The molecule has 1 heteroatoms. The summed E-state index contributed by atoms with van der Waals surface area (Å²) < 4.78 is 0. The molecule has 0 unspecified atom stereocenters. The van der Waals surface area contributed by atoms with Crippen LogP contribution in [0.3, 0.4) is 0 Å². The Bertz CT molecular complexity index is 3040. The van der Waals surface area contributed by atoms with Gasteiger partial charge in [0, 0.05) is 27.6 Å². The predicted octanol–water partition coefficient (Wildman–Crippen LogP) is 15.9. The molecule has 1 fully saturated rings. The SMILES string of the molecule is CC1(C)c2ccccc2-c2cccc(-c3ccccc3-c3ccc(N(c4ccc5c(c4)C4(CCCC4)c4ccccc4-5)c4cccc5c4C(C)(C)c4ccccc4-5)cc3)c21. The summed E-state index contributed by atoms with van der Waals surface area (Å²) in [5.41, 5.74) is 25.4. The van der Waals surface area contributed by atoms with Crippen LogP contribution < -0.4 is 4.90 Å². The molecule has 1 spiro atoms. The Morgan fingerprint density at radius 3 is 1.45 bits per heavy atom. The van der Waals surface area contributed by atoms with E-state index >= 15 is 0 Å². The van der Waals surface area contributed by atoms with Crippen LogP contribution in [0.5, 0.6) is 0 Å². The third-order valence-corrected chi connectivity index (χ3v) is 15.0. The van der Waals surface area contributed by atoms with E-state index in [2.05, 4.69) is 209 Å². The molecule has 0 bridgehead atoms. The van der Waals surface area contributed by atoms with Crippen LogP contribution in [0.25, 0.3) is 55.6 Å². The second-order valence-corrected chi connectivity index (χ2v) is 18.8. The maximum Gasteiger partial charge on any atom is 0.0508 e. The monoisotopic (exact) mass is 771 g/mol. The van der Waals surface area contributed by atoms with Gasteiger partial charge in [-0.1, -0.05) is 186 Å². The summed E-state index contributed by atoms with van der Waals surface area (Å²) in [7, 11) is 0. The van der Waals surface area contributed by atoms with Gasteiger partial charge in [0.1, 0.15) is 0 Å². The van der Waals surface area contributed by atoms with Crippen molar-refractivity contribution in [1.82, 2.24) is 0 Å². The lowest BCUT2D eigenvalue weighted by Crippen LogP contribution is -2.22. The van der Waals surface area contributed by atoms with Gasteiger partial charge in [0.05, 0.1) is 5.69 Å². The Morgan fingerprint density at radius 2 is 0.800 bits per heavy atom. The highest BCUT2D eigenvalue weighted by Gasteiger charge is 2.46. The lowest BCUT2D eigenvalue weighted by Gasteiger charge is -2.33. The molecule has 0 aromatic heterocycles. The van der Waals surface area contributed by atoms with E-state index in [0.717, 1.165) is 0 Å².